The summed E-state index contributed by atoms with van der Waals surface area (Å²) in [5.74, 6) is -1.78. The molecular formula is C48H81NO7. The lowest BCUT2D eigenvalue weighted by Crippen LogP contribution is -2.55. The van der Waals surface area contributed by atoms with Gasteiger partial charge < -0.3 is 28.6 Å². The van der Waals surface area contributed by atoms with Gasteiger partial charge in [-0.2, -0.15) is 0 Å². The molecule has 0 aromatic rings. The summed E-state index contributed by atoms with van der Waals surface area (Å²) in [6.45, 7) is 4.40. The normalized spacial score (nSPS) is 13.7. The summed E-state index contributed by atoms with van der Waals surface area (Å²) < 4.78 is 17.1. The van der Waals surface area contributed by atoms with Gasteiger partial charge in [0.05, 0.1) is 40.3 Å². The predicted octanol–water partition coefficient (Wildman–Crippen LogP) is 10.6. The minimum atomic E-state index is -1.13. The lowest BCUT2D eigenvalue weighted by Gasteiger charge is -2.34. The number of carbonyl (C=O) groups excluding carboxylic acids is 3. The van der Waals surface area contributed by atoms with E-state index in [0.29, 0.717) is 12.8 Å². The van der Waals surface area contributed by atoms with Gasteiger partial charge in [0.15, 0.2) is 6.10 Å². The Morgan fingerprint density at radius 2 is 0.946 bits per heavy atom. The van der Waals surface area contributed by atoms with Crippen LogP contribution < -0.4 is 5.11 Å². The number of ether oxygens (including phenoxy) is 3. The van der Waals surface area contributed by atoms with Crippen molar-refractivity contribution in [2.45, 2.75) is 174 Å². The Hall–Kier alpha value is -3.23. The molecule has 0 aliphatic carbocycles. The summed E-state index contributed by atoms with van der Waals surface area (Å²) in [5, 5.41) is 11.6. The molecule has 0 N–H and O–H groups in total. The van der Waals surface area contributed by atoms with Crippen LogP contribution in [-0.2, 0) is 28.6 Å². The van der Waals surface area contributed by atoms with Crippen molar-refractivity contribution in [1.29, 1.82) is 0 Å². The van der Waals surface area contributed by atoms with Gasteiger partial charge in [-0.3, -0.25) is 9.59 Å². The first-order valence-corrected chi connectivity index (χ1v) is 22.0. The van der Waals surface area contributed by atoms with E-state index >= 15 is 0 Å². The summed E-state index contributed by atoms with van der Waals surface area (Å²) in [5.41, 5.74) is 0. The van der Waals surface area contributed by atoms with Gasteiger partial charge in [-0.15, -0.1) is 0 Å². The van der Waals surface area contributed by atoms with Crippen molar-refractivity contribution in [3.8, 4) is 0 Å². The fraction of sp³-hybridized carbons (Fsp3) is 0.688. The number of likely N-dealkylation sites (N-methyl/N-ethyl adjacent to an activating group) is 1. The Labute approximate surface area is 342 Å². The highest BCUT2D eigenvalue weighted by atomic mass is 16.6. The second kappa shape index (κ2) is 38.6. The van der Waals surface area contributed by atoms with E-state index in [1.165, 1.54) is 25.7 Å². The van der Waals surface area contributed by atoms with E-state index in [4.69, 9.17) is 14.2 Å². The van der Waals surface area contributed by atoms with Crippen LogP contribution in [0.5, 0.6) is 0 Å². The third-order valence-corrected chi connectivity index (χ3v) is 9.34. The summed E-state index contributed by atoms with van der Waals surface area (Å²) in [4.78, 5) is 36.8. The van der Waals surface area contributed by atoms with Crippen LogP contribution in [0.2, 0.25) is 0 Å². The second-order valence-corrected chi connectivity index (χ2v) is 15.5. The molecule has 8 nitrogen and oxygen atoms in total. The van der Waals surface area contributed by atoms with Gasteiger partial charge in [0.25, 0.3) is 0 Å². The zero-order valence-corrected chi connectivity index (χ0v) is 36.3. The van der Waals surface area contributed by atoms with Crippen molar-refractivity contribution < 1.29 is 38.2 Å². The molecule has 0 aromatic carbocycles. The van der Waals surface area contributed by atoms with Gasteiger partial charge in [0, 0.05) is 19.3 Å². The number of nitrogens with zero attached hydrogens (tertiary/aromatic N) is 1. The number of unbranched alkanes of at least 4 members (excludes halogenated alkanes) is 12. The zero-order valence-electron chi connectivity index (χ0n) is 36.3. The molecule has 0 bridgehead atoms. The monoisotopic (exact) mass is 784 g/mol. The van der Waals surface area contributed by atoms with Gasteiger partial charge in [-0.1, -0.05) is 138 Å². The molecule has 0 rings (SSSR count). The average molecular weight is 784 g/mol. The maximum atomic E-state index is 12.7. The van der Waals surface area contributed by atoms with Gasteiger partial charge >= 0.3 is 11.9 Å². The van der Waals surface area contributed by atoms with Crippen molar-refractivity contribution in [2.24, 2.45) is 0 Å². The van der Waals surface area contributed by atoms with Crippen molar-refractivity contribution in [3.05, 3.63) is 72.9 Å². The molecule has 0 amide bonds. The van der Waals surface area contributed by atoms with E-state index in [1.54, 1.807) is 21.1 Å². The third kappa shape index (κ3) is 36.4. The van der Waals surface area contributed by atoms with E-state index in [2.05, 4.69) is 86.8 Å². The Balaban J connectivity index is 4.34. The minimum Gasteiger partial charge on any atom is -0.544 e. The molecule has 8 heteroatoms. The van der Waals surface area contributed by atoms with Gasteiger partial charge in [-0.25, -0.2) is 0 Å². The maximum absolute atomic E-state index is 12.7. The molecule has 0 aliphatic rings. The largest absolute Gasteiger partial charge is 0.544 e. The molecule has 0 radical (unpaired) electrons. The Bertz CT molecular complexity index is 1140. The average Bonchev–Trinajstić information content (AvgIpc) is 3.15. The highest BCUT2D eigenvalue weighted by Crippen LogP contribution is 2.13. The quantitative estimate of drug-likeness (QED) is 0.0266. The second-order valence-electron chi connectivity index (χ2n) is 15.5. The molecule has 0 heterocycles. The molecule has 56 heavy (non-hydrogen) atoms. The zero-order chi connectivity index (χ0) is 41.4. The van der Waals surface area contributed by atoms with Crippen LogP contribution in [0.25, 0.3) is 0 Å². The van der Waals surface area contributed by atoms with Crippen LogP contribution in [0.15, 0.2) is 72.9 Å². The molecule has 0 aliphatic heterocycles. The number of rotatable bonds is 38. The number of carboxylic acid groups (broad SMARTS) is 1. The number of allylic oxidation sites excluding steroid dienone is 12. The van der Waals surface area contributed by atoms with E-state index in [0.717, 1.165) is 103 Å². The minimum absolute atomic E-state index is 0.0277. The lowest BCUT2D eigenvalue weighted by atomic mass is 10.1. The Morgan fingerprint density at radius 3 is 1.39 bits per heavy atom. The van der Waals surface area contributed by atoms with E-state index in [9.17, 15) is 19.5 Å². The highest BCUT2D eigenvalue weighted by molar-refractivity contribution is 5.70. The van der Waals surface area contributed by atoms with Gasteiger partial charge in [0.2, 0.25) is 0 Å². The summed E-state index contributed by atoms with van der Waals surface area (Å²) in [6, 6.07) is -0.733. The summed E-state index contributed by atoms with van der Waals surface area (Å²) >= 11 is 0. The molecule has 320 valence electrons. The molecule has 2 atom stereocenters. The van der Waals surface area contributed by atoms with Crippen LogP contribution in [-0.4, -0.2) is 75.5 Å². The summed E-state index contributed by atoms with van der Waals surface area (Å²) in [7, 11) is 5.39. The van der Waals surface area contributed by atoms with Crippen molar-refractivity contribution >= 4 is 17.9 Å². The number of quaternary nitrogens is 1. The maximum Gasteiger partial charge on any atom is 0.306 e. The number of esters is 2. The molecule has 0 saturated heterocycles. The lowest BCUT2D eigenvalue weighted by molar-refractivity contribution is -0.889. The predicted molar refractivity (Wildman–Crippen MR) is 231 cm³/mol. The van der Waals surface area contributed by atoms with Crippen LogP contribution in [0.3, 0.4) is 0 Å². The first-order valence-electron chi connectivity index (χ1n) is 22.0. The fourth-order valence-electron chi connectivity index (χ4n) is 5.98. The Kier molecular flexibility index (Phi) is 36.4. The SMILES string of the molecule is CC/C=C/C/C=C/C/C=C/C/C=C/CCCCCCCCCC(=O)OCC(COCCC(C(=O)[O-])[N+](C)(C)C)OC(=O)CCCCCCC/C=C/C/C=C/CC. The molecule has 0 saturated carbocycles. The van der Waals surface area contributed by atoms with Crippen LogP contribution in [0.4, 0.5) is 0 Å². The number of hydrogen-bond acceptors (Lipinski definition) is 7. The van der Waals surface area contributed by atoms with E-state index in [-0.39, 0.29) is 42.7 Å². The molecule has 0 fully saturated rings. The van der Waals surface area contributed by atoms with Crippen LogP contribution in [0, 0.1) is 0 Å². The summed E-state index contributed by atoms with van der Waals surface area (Å²) in [6.07, 6.45) is 47.8. The molecular weight excluding hydrogens is 703 g/mol. The van der Waals surface area contributed by atoms with Crippen molar-refractivity contribution in [2.75, 3.05) is 41.0 Å². The number of carbonyl (C=O) groups is 3. The number of carboxylic acids is 1. The topological polar surface area (TPSA) is 102 Å². The number of hydrogen-bond donors (Lipinski definition) is 0. The molecule has 0 aromatic heterocycles. The van der Waals surface area contributed by atoms with E-state index in [1.807, 2.05) is 0 Å². The Morgan fingerprint density at radius 1 is 0.536 bits per heavy atom. The highest BCUT2D eigenvalue weighted by Gasteiger charge is 2.25. The smallest absolute Gasteiger partial charge is 0.306 e. The first kappa shape index (κ1) is 52.8. The van der Waals surface area contributed by atoms with Crippen LogP contribution >= 0.6 is 0 Å². The third-order valence-electron chi connectivity index (χ3n) is 9.34. The molecule has 0 spiro atoms. The first-order chi connectivity index (χ1) is 27.1. The molecule has 2 unspecified atom stereocenters. The fourth-order valence-corrected chi connectivity index (χ4v) is 5.98. The standard InChI is InChI=1S/C48H81NO7/c1-6-8-10-12-14-16-18-20-21-22-23-24-25-26-27-29-30-32-34-36-38-46(50)55-43-44(42-54-41-40-45(48(52)53)49(3,4)5)56-47(51)39-37-35-33-31-28-19-17-15-13-11-9-7-2/h8-11,14-17,20-21,23-24,44-45H,6-7,12-13,18-19,22,25-43H2,1-5H3/b10-8+,11-9+,16-14+,17-15+,21-20+,24-23+. The van der Waals surface area contributed by atoms with Gasteiger partial charge in [-0.05, 0) is 77.0 Å². The van der Waals surface area contributed by atoms with Crippen molar-refractivity contribution in [1.82, 2.24) is 0 Å². The van der Waals surface area contributed by atoms with Gasteiger partial charge in [0.1, 0.15) is 12.6 Å². The van der Waals surface area contributed by atoms with Crippen molar-refractivity contribution in [3.63, 3.8) is 0 Å². The number of aliphatic carboxylic acids is 1. The van der Waals surface area contributed by atoms with Crippen LogP contribution in [0.1, 0.15) is 162 Å². The van der Waals surface area contributed by atoms with E-state index < -0.39 is 18.1 Å².